The summed E-state index contributed by atoms with van der Waals surface area (Å²) in [6.07, 6.45) is -4.44. The van der Waals surface area contributed by atoms with Crippen molar-refractivity contribution in [2.45, 2.75) is 12.7 Å². The second kappa shape index (κ2) is 8.82. The summed E-state index contributed by atoms with van der Waals surface area (Å²) in [7, 11) is 1.52. The van der Waals surface area contributed by atoms with Gasteiger partial charge in [-0.1, -0.05) is 36.4 Å². The zero-order chi connectivity index (χ0) is 23.6. The van der Waals surface area contributed by atoms with Crippen molar-refractivity contribution < 1.29 is 27.2 Å². The fourth-order valence-electron chi connectivity index (χ4n) is 3.49. The van der Waals surface area contributed by atoms with E-state index in [4.69, 9.17) is 4.42 Å². The first kappa shape index (κ1) is 22.1. The third-order valence-electron chi connectivity index (χ3n) is 5.18. The molecule has 0 radical (unpaired) electrons. The summed E-state index contributed by atoms with van der Waals surface area (Å²) in [5, 5.41) is 5.92. The van der Waals surface area contributed by atoms with Crippen LogP contribution in [0.1, 0.15) is 32.0 Å². The van der Waals surface area contributed by atoms with Gasteiger partial charge in [0.2, 0.25) is 0 Å². The van der Waals surface area contributed by atoms with Gasteiger partial charge in [-0.05, 0) is 53.1 Å². The molecule has 2 N–H and O–H groups in total. The molecule has 0 unspecified atom stereocenters. The van der Waals surface area contributed by atoms with Crippen molar-refractivity contribution >= 4 is 22.8 Å². The third kappa shape index (κ3) is 4.74. The van der Waals surface area contributed by atoms with E-state index in [1.54, 1.807) is 36.4 Å². The molecule has 0 aliphatic rings. The van der Waals surface area contributed by atoms with Crippen molar-refractivity contribution in [3.63, 3.8) is 0 Å². The molecule has 168 valence electrons. The zero-order valence-corrected chi connectivity index (χ0v) is 17.5. The van der Waals surface area contributed by atoms with Crippen LogP contribution in [0.15, 0.2) is 77.2 Å². The first-order chi connectivity index (χ1) is 15.8. The first-order valence-corrected chi connectivity index (χ1v) is 10.1. The highest BCUT2D eigenvalue weighted by atomic mass is 19.4. The number of rotatable bonds is 5. The van der Waals surface area contributed by atoms with E-state index in [1.807, 2.05) is 12.1 Å². The number of hydrogen-bond acceptors (Lipinski definition) is 3. The van der Waals surface area contributed by atoms with Gasteiger partial charge in [-0.15, -0.1) is 0 Å². The molecule has 33 heavy (non-hydrogen) atoms. The SMILES string of the molecule is CNC(=O)c1cc2c(-c3ccc(C(=O)NCc4cccc(C(F)(F)F)c4)cc3)cccc2o1. The van der Waals surface area contributed by atoms with Gasteiger partial charge in [0, 0.05) is 24.5 Å². The van der Waals surface area contributed by atoms with Gasteiger partial charge in [-0.25, -0.2) is 0 Å². The Labute approximate surface area is 187 Å². The number of halogens is 3. The predicted octanol–water partition coefficient (Wildman–Crippen LogP) is 5.41. The minimum absolute atomic E-state index is 0.0267. The topological polar surface area (TPSA) is 71.3 Å². The number of amides is 2. The van der Waals surface area contributed by atoms with E-state index >= 15 is 0 Å². The number of fused-ring (bicyclic) bond motifs is 1. The molecule has 0 aliphatic carbocycles. The number of benzene rings is 3. The lowest BCUT2D eigenvalue weighted by atomic mass is 10.00. The van der Waals surface area contributed by atoms with Crippen molar-refractivity contribution in [3.8, 4) is 11.1 Å². The fourth-order valence-corrected chi connectivity index (χ4v) is 3.49. The van der Waals surface area contributed by atoms with E-state index in [2.05, 4.69) is 10.6 Å². The van der Waals surface area contributed by atoms with Gasteiger partial charge in [-0.3, -0.25) is 9.59 Å². The predicted molar refractivity (Wildman–Crippen MR) is 118 cm³/mol. The summed E-state index contributed by atoms with van der Waals surface area (Å²) >= 11 is 0. The van der Waals surface area contributed by atoms with E-state index in [0.717, 1.165) is 28.6 Å². The standard InChI is InChI=1S/C25H19F3N2O3/c1-29-24(32)22-13-20-19(6-3-7-21(20)33-22)16-8-10-17(11-9-16)23(31)30-14-15-4-2-5-18(12-15)25(26,27)28/h2-13H,14H2,1H3,(H,29,32)(H,30,31). The lowest BCUT2D eigenvalue weighted by molar-refractivity contribution is -0.137. The average molecular weight is 452 g/mol. The molecule has 0 atom stereocenters. The Morgan fingerprint density at radius 3 is 2.33 bits per heavy atom. The molecule has 5 nitrogen and oxygen atoms in total. The summed E-state index contributed by atoms with van der Waals surface area (Å²) in [6, 6.07) is 18.8. The highest BCUT2D eigenvalue weighted by Crippen LogP contribution is 2.31. The van der Waals surface area contributed by atoms with Crippen molar-refractivity contribution in [1.82, 2.24) is 10.6 Å². The van der Waals surface area contributed by atoms with Gasteiger partial charge in [-0.2, -0.15) is 13.2 Å². The van der Waals surface area contributed by atoms with Crippen molar-refractivity contribution in [3.05, 3.63) is 95.2 Å². The summed E-state index contributed by atoms with van der Waals surface area (Å²) < 4.78 is 44.2. The molecular weight excluding hydrogens is 433 g/mol. The summed E-state index contributed by atoms with van der Waals surface area (Å²) in [5.41, 5.74) is 2.19. The molecule has 8 heteroatoms. The van der Waals surface area contributed by atoms with Crippen LogP contribution in [0.5, 0.6) is 0 Å². The molecule has 2 amide bonds. The fraction of sp³-hybridized carbons (Fsp3) is 0.120. The number of hydrogen-bond donors (Lipinski definition) is 2. The molecule has 0 saturated heterocycles. The van der Waals surface area contributed by atoms with Crippen molar-refractivity contribution in [1.29, 1.82) is 0 Å². The Hall–Kier alpha value is -4.07. The van der Waals surface area contributed by atoms with Crippen LogP contribution in [-0.4, -0.2) is 18.9 Å². The quantitative estimate of drug-likeness (QED) is 0.426. The minimum atomic E-state index is -4.44. The highest BCUT2D eigenvalue weighted by molar-refractivity contribution is 6.01. The van der Waals surface area contributed by atoms with Gasteiger partial charge in [0.1, 0.15) is 5.58 Å². The van der Waals surface area contributed by atoms with E-state index < -0.39 is 17.6 Å². The zero-order valence-electron chi connectivity index (χ0n) is 17.5. The second-order valence-electron chi connectivity index (χ2n) is 7.37. The van der Waals surface area contributed by atoms with Crippen molar-refractivity contribution in [2.75, 3.05) is 7.05 Å². The Balaban J connectivity index is 1.50. The monoisotopic (exact) mass is 452 g/mol. The van der Waals surface area contributed by atoms with Gasteiger partial charge < -0.3 is 15.1 Å². The Bertz CT molecular complexity index is 1320. The number of alkyl halides is 3. The van der Waals surface area contributed by atoms with Crippen LogP contribution in [0.2, 0.25) is 0 Å². The lowest BCUT2D eigenvalue weighted by Crippen LogP contribution is -2.23. The Morgan fingerprint density at radius 1 is 0.909 bits per heavy atom. The van der Waals surface area contributed by atoms with Gasteiger partial charge in [0.15, 0.2) is 5.76 Å². The third-order valence-corrected chi connectivity index (χ3v) is 5.18. The molecule has 0 spiro atoms. The second-order valence-corrected chi connectivity index (χ2v) is 7.37. The molecule has 1 heterocycles. The van der Waals surface area contributed by atoms with Crippen LogP contribution >= 0.6 is 0 Å². The number of furan rings is 1. The maximum atomic E-state index is 12.9. The maximum absolute atomic E-state index is 12.9. The summed E-state index contributed by atoms with van der Waals surface area (Å²) in [5.74, 6) is -0.530. The number of nitrogens with one attached hydrogen (secondary N) is 2. The Kier molecular flexibility index (Phi) is 5.91. The van der Waals surface area contributed by atoms with Gasteiger partial charge in [0.25, 0.3) is 11.8 Å². The molecule has 0 bridgehead atoms. The van der Waals surface area contributed by atoms with E-state index in [9.17, 15) is 22.8 Å². The molecule has 0 aliphatic heterocycles. The molecule has 0 fully saturated rings. The summed E-state index contributed by atoms with van der Waals surface area (Å²) in [6.45, 7) is -0.0267. The number of carbonyl (C=O) groups excluding carboxylic acids is 2. The first-order valence-electron chi connectivity index (χ1n) is 10.1. The normalized spacial score (nSPS) is 11.4. The molecule has 3 aromatic carbocycles. The molecule has 4 aromatic rings. The van der Waals surface area contributed by atoms with Gasteiger partial charge >= 0.3 is 6.18 Å². The van der Waals surface area contributed by atoms with Crippen LogP contribution < -0.4 is 10.6 Å². The van der Waals surface area contributed by atoms with Crippen LogP contribution in [-0.2, 0) is 12.7 Å². The van der Waals surface area contributed by atoms with Crippen LogP contribution in [0, 0.1) is 0 Å². The Morgan fingerprint density at radius 2 is 1.64 bits per heavy atom. The van der Waals surface area contributed by atoms with Gasteiger partial charge in [0.05, 0.1) is 5.56 Å². The molecule has 4 rings (SSSR count). The minimum Gasteiger partial charge on any atom is -0.451 e. The van der Waals surface area contributed by atoms with Crippen LogP contribution in [0.3, 0.4) is 0 Å². The maximum Gasteiger partial charge on any atom is 0.416 e. The van der Waals surface area contributed by atoms with E-state index in [0.29, 0.717) is 16.7 Å². The summed E-state index contributed by atoms with van der Waals surface area (Å²) in [4.78, 5) is 24.4. The largest absolute Gasteiger partial charge is 0.451 e. The molecular formula is C25H19F3N2O3. The lowest BCUT2D eigenvalue weighted by Gasteiger charge is -2.10. The van der Waals surface area contributed by atoms with E-state index in [-0.39, 0.29) is 18.2 Å². The van der Waals surface area contributed by atoms with Crippen LogP contribution in [0.25, 0.3) is 22.1 Å². The molecule has 0 saturated carbocycles. The number of carbonyl (C=O) groups is 2. The highest BCUT2D eigenvalue weighted by Gasteiger charge is 2.30. The van der Waals surface area contributed by atoms with Crippen LogP contribution in [0.4, 0.5) is 13.2 Å². The molecule has 1 aromatic heterocycles. The van der Waals surface area contributed by atoms with E-state index in [1.165, 1.54) is 19.2 Å². The van der Waals surface area contributed by atoms with Crippen molar-refractivity contribution in [2.24, 2.45) is 0 Å². The average Bonchev–Trinajstić information content (AvgIpc) is 3.26. The smallest absolute Gasteiger partial charge is 0.416 e.